The summed E-state index contributed by atoms with van der Waals surface area (Å²) in [5.41, 5.74) is 3.20. The van der Waals surface area contributed by atoms with Crippen molar-refractivity contribution in [2.45, 2.75) is 33.0 Å². The molecule has 18 heavy (non-hydrogen) atoms. The molecule has 0 saturated heterocycles. The summed E-state index contributed by atoms with van der Waals surface area (Å²) >= 11 is 0. The van der Waals surface area contributed by atoms with Crippen LogP contribution in [0.2, 0.25) is 0 Å². The molecule has 2 aromatic rings. The van der Waals surface area contributed by atoms with Crippen LogP contribution in [0.3, 0.4) is 0 Å². The fourth-order valence-electron chi connectivity index (χ4n) is 2.02. The molecule has 3 nitrogen and oxygen atoms in total. The van der Waals surface area contributed by atoms with E-state index in [4.69, 9.17) is 0 Å². The van der Waals surface area contributed by atoms with E-state index in [0.29, 0.717) is 0 Å². The number of aromatic nitrogens is 1. The first-order valence-corrected chi connectivity index (χ1v) is 6.40. The van der Waals surface area contributed by atoms with E-state index >= 15 is 0 Å². The van der Waals surface area contributed by atoms with Crippen LogP contribution in [0, 0.1) is 0 Å². The van der Waals surface area contributed by atoms with Gasteiger partial charge in [-0.05, 0) is 24.1 Å². The van der Waals surface area contributed by atoms with Crippen LogP contribution in [0.4, 0.5) is 5.69 Å². The predicted molar refractivity (Wildman–Crippen MR) is 74.4 cm³/mol. The van der Waals surface area contributed by atoms with Gasteiger partial charge in [0, 0.05) is 36.7 Å². The number of para-hydroxylation sites is 1. The van der Waals surface area contributed by atoms with Crippen molar-refractivity contribution in [1.29, 1.82) is 0 Å². The monoisotopic (exact) mass is 244 g/mol. The number of aryl methyl sites for hydroxylation is 1. The van der Waals surface area contributed by atoms with Crippen LogP contribution < -0.4 is 5.32 Å². The van der Waals surface area contributed by atoms with Crippen LogP contribution in [0.1, 0.15) is 24.5 Å². The summed E-state index contributed by atoms with van der Waals surface area (Å²) in [5, 5.41) is 12.6. The molecular formula is C15H20N2O. The number of aliphatic hydroxyl groups is 1. The fraction of sp³-hybridized carbons (Fsp3) is 0.333. The highest BCUT2D eigenvalue weighted by molar-refractivity contribution is 5.51. The van der Waals surface area contributed by atoms with E-state index in [9.17, 15) is 5.11 Å². The minimum atomic E-state index is 0.0695. The van der Waals surface area contributed by atoms with E-state index in [0.717, 1.165) is 30.8 Å². The molecule has 2 N–H and O–H groups in total. The molecule has 1 aromatic carbocycles. The van der Waals surface area contributed by atoms with Gasteiger partial charge in [-0.15, -0.1) is 0 Å². The average Bonchev–Trinajstić information content (AvgIpc) is 2.85. The predicted octanol–water partition coefficient (Wildman–Crippen LogP) is 3.00. The summed E-state index contributed by atoms with van der Waals surface area (Å²) in [4.78, 5) is 0. The Balaban J connectivity index is 1.97. The molecule has 96 valence electrons. The number of aliphatic hydroxyl groups excluding tert-OH is 1. The summed E-state index contributed by atoms with van der Waals surface area (Å²) < 4.78 is 2.20. The molecule has 0 atom stereocenters. The van der Waals surface area contributed by atoms with Crippen LogP contribution in [0.25, 0.3) is 0 Å². The van der Waals surface area contributed by atoms with Gasteiger partial charge in [0.1, 0.15) is 0 Å². The van der Waals surface area contributed by atoms with Crippen molar-refractivity contribution < 1.29 is 5.11 Å². The number of hydrogen-bond donors (Lipinski definition) is 2. The normalized spacial score (nSPS) is 10.6. The highest BCUT2D eigenvalue weighted by atomic mass is 16.3. The van der Waals surface area contributed by atoms with Crippen LogP contribution >= 0.6 is 0 Å². The highest BCUT2D eigenvalue weighted by Gasteiger charge is 2.01. The zero-order valence-corrected chi connectivity index (χ0v) is 10.8. The molecule has 0 aliphatic rings. The van der Waals surface area contributed by atoms with Gasteiger partial charge in [0.15, 0.2) is 0 Å². The smallest absolute Gasteiger partial charge is 0.0701 e. The van der Waals surface area contributed by atoms with E-state index in [-0.39, 0.29) is 6.61 Å². The number of nitrogens with zero attached hydrogens (tertiary/aromatic N) is 1. The van der Waals surface area contributed by atoms with Crippen LogP contribution in [0.15, 0.2) is 42.7 Å². The quantitative estimate of drug-likeness (QED) is 0.819. The Kier molecular flexibility index (Phi) is 4.42. The van der Waals surface area contributed by atoms with E-state index in [2.05, 4.69) is 35.3 Å². The van der Waals surface area contributed by atoms with Crippen molar-refractivity contribution in [2.75, 3.05) is 5.32 Å². The van der Waals surface area contributed by atoms with Gasteiger partial charge in [0.25, 0.3) is 0 Å². The standard InChI is InChI=1S/C15H20N2O/c1-2-8-17-9-7-13(11-17)10-16-15-6-4-3-5-14(15)12-18/h3-7,9,11,16,18H,2,8,10,12H2,1H3. The molecule has 0 unspecified atom stereocenters. The first-order valence-electron chi connectivity index (χ1n) is 6.40. The molecule has 0 amide bonds. The number of hydrogen-bond acceptors (Lipinski definition) is 2. The van der Waals surface area contributed by atoms with Gasteiger partial charge < -0.3 is 15.0 Å². The van der Waals surface area contributed by atoms with Crippen molar-refractivity contribution in [1.82, 2.24) is 4.57 Å². The molecule has 2 rings (SSSR count). The molecule has 1 heterocycles. The third-order valence-corrected chi connectivity index (χ3v) is 2.96. The molecule has 1 aromatic heterocycles. The van der Waals surface area contributed by atoms with Gasteiger partial charge in [-0.2, -0.15) is 0 Å². The second-order valence-electron chi connectivity index (χ2n) is 4.43. The summed E-state index contributed by atoms with van der Waals surface area (Å²) in [6, 6.07) is 9.97. The molecule has 0 aliphatic carbocycles. The van der Waals surface area contributed by atoms with Crippen molar-refractivity contribution in [3.63, 3.8) is 0 Å². The van der Waals surface area contributed by atoms with Crippen LogP contribution in [-0.4, -0.2) is 9.67 Å². The lowest BCUT2D eigenvalue weighted by Gasteiger charge is -2.09. The number of benzene rings is 1. The molecule has 0 spiro atoms. The minimum Gasteiger partial charge on any atom is -0.392 e. The third-order valence-electron chi connectivity index (χ3n) is 2.96. The molecular weight excluding hydrogens is 224 g/mol. The Labute approximate surface area is 108 Å². The maximum Gasteiger partial charge on any atom is 0.0701 e. The fourth-order valence-corrected chi connectivity index (χ4v) is 2.02. The second kappa shape index (κ2) is 6.26. The van der Waals surface area contributed by atoms with E-state index < -0.39 is 0 Å². The zero-order valence-electron chi connectivity index (χ0n) is 10.8. The largest absolute Gasteiger partial charge is 0.392 e. The maximum absolute atomic E-state index is 9.25. The average molecular weight is 244 g/mol. The Morgan fingerprint density at radius 1 is 1.22 bits per heavy atom. The molecule has 0 fully saturated rings. The van der Waals surface area contributed by atoms with Gasteiger partial charge >= 0.3 is 0 Å². The lowest BCUT2D eigenvalue weighted by Crippen LogP contribution is -2.02. The summed E-state index contributed by atoms with van der Waals surface area (Å²) in [5.74, 6) is 0. The van der Waals surface area contributed by atoms with Crippen LogP contribution in [0.5, 0.6) is 0 Å². The van der Waals surface area contributed by atoms with Crippen molar-refractivity contribution in [3.8, 4) is 0 Å². The van der Waals surface area contributed by atoms with Gasteiger partial charge in [-0.25, -0.2) is 0 Å². The maximum atomic E-state index is 9.25. The first kappa shape index (κ1) is 12.7. The number of rotatable bonds is 6. The van der Waals surface area contributed by atoms with E-state index in [1.165, 1.54) is 5.56 Å². The van der Waals surface area contributed by atoms with Crippen molar-refractivity contribution in [2.24, 2.45) is 0 Å². The highest BCUT2D eigenvalue weighted by Crippen LogP contribution is 2.16. The molecule has 0 saturated carbocycles. The molecule has 0 radical (unpaired) electrons. The number of nitrogens with one attached hydrogen (secondary N) is 1. The first-order chi connectivity index (χ1) is 8.83. The molecule has 0 aliphatic heterocycles. The third kappa shape index (κ3) is 3.14. The van der Waals surface area contributed by atoms with Crippen molar-refractivity contribution >= 4 is 5.69 Å². The summed E-state index contributed by atoms with van der Waals surface area (Å²) in [7, 11) is 0. The van der Waals surface area contributed by atoms with E-state index in [1.54, 1.807) is 0 Å². The summed E-state index contributed by atoms with van der Waals surface area (Å²) in [6.07, 6.45) is 5.42. The van der Waals surface area contributed by atoms with Crippen LogP contribution in [-0.2, 0) is 19.7 Å². The van der Waals surface area contributed by atoms with Gasteiger partial charge in [-0.1, -0.05) is 25.1 Å². The molecule has 3 heteroatoms. The van der Waals surface area contributed by atoms with Gasteiger partial charge in [0.05, 0.1) is 6.61 Å². The second-order valence-corrected chi connectivity index (χ2v) is 4.43. The van der Waals surface area contributed by atoms with Gasteiger partial charge in [0.2, 0.25) is 0 Å². The Bertz CT molecular complexity index is 491. The summed E-state index contributed by atoms with van der Waals surface area (Å²) in [6.45, 7) is 4.09. The lowest BCUT2D eigenvalue weighted by atomic mass is 10.2. The Morgan fingerprint density at radius 3 is 2.83 bits per heavy atom. The van der Waals surface area contributed by atoms with Gasteiger partial charge in [-0.3, -0.25) is 0 Å². The topological polar surface area (TPSA) is 37.2 Å². The Hall–Kier alpha value is -1.74. The van der Waals surface area contributed by atoms with E-state index in [1.807, 2.05) is 24.3 Å². The zero-order chi connectivity index (χ0) is 12.8. The van der Waals surface area contributed by atoms with Crippen molar-refractivity contribution in [3.05, 3.63) is 53.9 Å². The molecule has 0 bridgehead atoms. The Morgan fingerprint density at radius 2 is 2.06 bits per heavy atom. The SMILES string of the molecule is CCCn1ccc(CNc2ccccc2CO)c1. The lowest BCUT2D eigenvalue weighted by molar-refractivity contribution is 0.282. The minimum absolute atomic E-state index is 0.0695. The number of anilines is 1.